The van der Waals surface area contributed by atoms with E-state index < -0.39 is 0 Å². The van der Waals surface area contributed by atoms with Crippen LogP contribution in [0.1, 0.15) is 13.8 Å². The van der Waals surface area contributed by atoms with Crippen molar-refractivity contribution in [3.8, 4) is 11.5 Å². The Kier molecular flexibility index (Phi) is 4.23. The number of hydrogen-bond donors (Lipinski definition) is 0. The van der Waals surface area contributed by atoms with Crippen LogP contribution >= 0.6 is 23.2 Å². The van der Waals surface area contributed by atoms with Crippen LogP contribution in [0.4, 0.5) is 0 Å². The fourth-order valence-corrected chi connectivity index (χ4v) is 2.75. The summed E-state index contributed by atoms with van der Waals surface area (Å²) in [6.07, 6.45) is 0. The van der Waals surface area contributed by atoms with Crippen molar-refractivity contribution in [1.82, 2.24) is 9.97 Å². The highest BCUT2D eigenvalue weighted by Crippen LogP contribution is 2.32. The van der Waals surface area contributed by atoms with Gasteiger partial charge in [0.1, 0.15) is 22.5 Å². The molecule has 3 aromatic rings. The third-order valence-corrected chi connectivity index (χ3v) is 3.70. The minimum absolute atomic E-state index is 0.494. The molecule has 0 amide bonds. The molecule has 114 valence electrons. The summed E-state index contributed by atoms with van der Waals surface area (Å²) in [6.45, 7) is 4.94. The Balaban J connectivity index is 2.26. The maximum absolute atomic E-state index is 6.29. The van der Waals surface area contributed by atoms with Crippen molar-refractivity contribution in [2.45, 2.75) is 13.8 Å². The van der Waals surface area contributed by atoms with Gasteiger partial charge >= 0.3 is 0 Å². The molecule has 6 heteroatoms. The molecule has 2 aromatic carbocycles. The van der Waals surface area contributed by atoms with Gasteiger partial charge in [-0.3, -0.25) is 0 Å². The van der Waals surface area contributed by atoms with Crippen molar-refractivity contribution in [2.24, 2.45) is 0 Å². The van der Waals surface area contributed by atoms with E-state index in [1.165, 1.54) is 0 Å². The van der Waals surface area contributed by atoms with Gasteiger partial charge in [-0.2, -0.15) is 0 Å². The van der Waals surface area contributed by atoms with Crippen LogP contribution in [0.15, 0.2) is 24.3 Å². The largest absolute Gasteiger partial charge is 0.494 e. The molecule has 0 atom stereocenters. The average Bonchev–Trinajstić information content (AvgIpc) is 2.47. The molecule has 0 aliphatic rings. The summed E-state index contributed by atoms with van der Waals surface area (Å²) in [6, 6.07) is 7.09. The SMILES string of the molecule is CCOc1cc(Cl)c2nc3cc(OCC)cc(Cl)c3nc2c1. The maximum atomic E-state index is 6.29. The van der Waals surface area contributed by atoms with Crippen molar-refractivity contribution in [2.75, 3.05) is 13.2 Å². The second-order valence-corrected chi connectivity index (χ2v) is 5.45. The normalized spacial score (nSPS) is 11.1. The van der Waals surface area contributed by atoms with Gasteiger partial charge in [-0.25, -0.2) is 9.97 Å². The van der Waals surface area contributed by atoms with E-state index in [-0.39, 0.29) is 0 Å². The lowest BCUT2D eigenvalue weighted by molar-refractivity contribution is 0.340. The third kappa shape index (κ3) is 2.76. The van der Waals surface area contributed by atoms with Crippen LogP contribution < -0.4 is 9.47 Å². The quantitative estimate of drug-likeness (QED) is 0.636. The first kappa shape index (κ1) is 15.1. The Morgan fingerprint density at radius 3 is 1.55 bits per heavy atom. The van der Waals surface area contributed by atoms with Gasteiger partial charge in [-0.05, 0) is 13.8 Å². The number of fused-ring (bicyclic) bond motifs is 2. The van der Waals surface area contributed by atoms with E-state index in [1.54, 1.807) is 12.1 Å². The summed E-state index contributed by atoms with van der Waals surface area (Å²) in [5.41, 5.74) is 2.52. The number of ether oxygens (including phenoxy) is 2. The van der Waals surface area contributed by atoms with Crippen molar-refractivity contribution < 1.29 is 9.47 Å². The van der Waals surface area contributed by atoms with Crippen LogP contribution in [0.5, 0.6) is 11.5 Å². The van der Waals surface area contributed by atoms with Crippen molar-refractivity contribution in [3.63, 3.8) is 0 Å². The zero-order valence-electron chi connectivity index (χ0n) is 12.2. The predicted molar refractivity (Wildman–Crippen MR) is 89.4 cm³/mol. The first-order chi connectivity index (χ1) is 10.6. The van der Waals surface area contributed by atoms with Gasteiger partial charge in [0.05, 0.1) is 34.3 Å². The van der Waals surface area contributed by atoms with Gasteiger partial charge in [0.25, 0.3) is 0 Å². The van der Waals surface area contributed by atoms with Gasteiger partial charge in [0.15, 0.2) is 0 Å². The Bertz CT molecular complexity index is 781. The Morgan fingerprint density at radius 2 is 1.18 bits per heavy atom. The number of nitrogens with zero attached hydrogens (tertiary/aromatic N) is 2. The second-order valence-electron chi connectivity index (χ2n) is 4.64. The van der Waals surface area contributed by atoms with E-state index in [9.17, 15) is 0 Å². The fourth-order valence-electron chi connectivity index (χ4n) is 2.25. The van der Waals surface area contributed by atoms with Crippen molar-refractivity contribution >= 4 is 45.3 Å². The molecule has 1 heterocycles. The van der Waals surface area contributed by atoms with Crippen LogP contribution in [-0.2, 0) is 0 Å². The Hall–Kier alpha value is -1.78. The van der Waals surface area contributed by atoms with E-state index in [1.807, 2.05) is 26.0 Å². The van der Waals surface area contributed by atoms with E-state index in [4.69, 9.17) is 32.7 Å². The lowest BCUT2D eigenvalue weighted by Gasteiger charge is -2.09. The maximum Gasteiger partial charge on any atom is 0.123 e. The van der Waals surface area contributed by atoms with Crippen LogP contribution in [0.2, 0.25) is 10.0 Å². The molecule has 22 heavy (non-hydrogen) atoms. The van der Waals surface area contributed by atoms with E-state index >= 15 is 0 Å². The minimum Gasteiger partial charge on any atom is -0.494 e. The minimum atomic E-state index is 0.494. The standard InChI is InChI=1S/C16H14Cl2N2O2/c1-3-21-9-5-11(17)15-13(7-9)19-16-12(18)6-10(22-4-2)8-14(16)20-15/h5-8H,3-4H2,1-2H3. The summed E-state index contributed by atoms with van der Waals surface area (Å²) in [4.78, 5) is 9.14. The lowest BCUT2D eigenvalue weighted by atomic mass is 10.2. The van der Waals surface area contributed by atoms with Crippen molar-refractivity contribution in [3.05, 3.63) is 34.3 Å². The topological polar surface area (TPSA) is 44.2 Å². The highest BCUT2D eigenvalue weighted by Gasteiger charge is 2.11. The van der Waals surface area contributed by atoms with Crippen LogP contribution in [0, 0.1) is 0 Å². The summed E-state index contributed by atoms with van der Waals surface area (Å²) in [5.74, 6) is 1.33. The molecular formula is C16H14Cl2N2O2. The van der Waals surface area contributed by atoms with Gasteiger partial charge in [0.2, 0.25) is 0 Å². The monoisotopic (exact) mass is 336 g/mol. The molecule has 0 bridgehead atoms. The molecule has 0 aliphatic carbocycles. The van der Waals surface area contributed by atoms with Gasteiger partial charge in [0, 0.05) is 24.3 Å². The fraction of sp³-hybridized carbons (Fsp3) is 0.250. The number of hydrogen-bond acceptors (Lipinski definition) is 4. The zero-order chi connectivity index (χ0) is 15.7. The van der Waals surface area contributed by atoms with Gasteiger partial charge < -0.3 is 9.47 Å². The molecule has 0 saturated carbocycles. The summed E-state index contributed by atoms with van der Waals surface area (Å²) in [7, 11) is 0. The molecule has 4 nitrogen and oxygen atoms in total. The van der Waals surface area contributed by atoms with E-state index in [2.05, 4.69) is 9.97 Å². The number of benzene rings is 2. The summed E-state index contributed by atoms with van der Waals surface area (Å²) < 4.78 is 11.0. The number of aromatic nitrogens is 2. The van der Waals surface area contributed by atoms with Crippen LogP contribution in [-0.4, -0.2) is 23.2 Å². The molecule has 1 aromatic heterocycles. The average molecular weight is 337 g/mol. The number of rotatable bonds is 4. The smallest absolute Gasteiger partial charge is 0.123 e. The molecule has 0 unspecified atom stereocenters. The highest BCUT2D eigenvalue weighted by molar-refractivity contribution is 6.36. The Labute approximate surface area is 138 Å². The van der Waals surface area contributed by atoms with Crippen molar-refractivity contribution in [1.29, 1.82) is 0 Å². The molecule has 0 aliphatic heterocycles. The molecule has 0 N–H and O–H groups in total. The third-order valence-electron chi connectivity index (χ3n) is 3.12. The summed E-state index contributed by atoms with van der Waals surface area (Å²) in [5, 5.41) is 0.988. The number of halogens is 2. The van der Waals surface area contributed by atoms with Gasteiger partial charge in [-0.15, -0.1) is 0 Å². The lowest BCUT2D eigenvalue weighted by Crippen LogP contribution is -1.96. The molecule has 0 spiro atoms. The van der Waals surface area contributed by atoms with Crippen LogP contribution in [0.25, 0.3) is 22.1 Å². The Morgan fingerprint density at radius 1 is 0.773 bits per heavy atom. The molecular weight excluding hydrogens is 323 g/mol. The summed E-state index contributed by atoms with van der Waals surface area (Å²) >= 11 is 12.6. The van der Waals surface area contributed by atoms with Gasteiger partial charge in [-0.1, -0.05) is 23.2 Å². The molecule has 0 saturated heterocycles. The van der Waals surface area contributed by atoms with Crippen LogP contribution in [0.3, 0.4) is 0 Å². The first-order valence-corrected chi connectivity index (χ1v) is 7.74. The zero-order valence-corrected chi connectivity index (χ0v) is 13.7. The van der Waals surface area contributed by atoms with E-state index in [0.29, 0.717) is 56.8 Å². The first-order valence-electron chi connectivity index (χ1n) is 6.98. The second kappa shape index (κ2) is 6.15. The molecule has 3 rings (SSSR count). The predicted octanol–water partition coefficient (Wildman–Crippen LogP) is 4.89. The highest BCUT2D eigenvalue weighted by atomic mass is 35.5. The van der Waals surface area contributed by atoms with E-state index in [0.717, 1.165) is 0 Å². The molecule has 0 radical (unpaired) electrons. The molecule has 0 fully saturated rings.